The fourth-order valence-corrected chi connectivity index (χ4v) is 3.00. The molecule has 1 amide bonds. The van der Waals surface area contributed by atoms with E-state index in [4.69, 9.17) is 14.6 Å². The van der Waals surface area contributed by atoms with Gasteiger partial charge in [-0.1, -0.05) is 0 Å². The van der Waals surface area contributed by atoms with Gasteiger partial charge in [0.1, 0.15) is 11.6 Å². The standard InChI is InChI=1S/C16H18FNO5/c17-11-5-9(14-10(6-11)7-22-8-23-14)3-4-18-15(19)12-1-2-13(12)16(20)21/h5-6,12-13H,1-4,7-8H2,(H,18,19)(H,20,21). The molecule has 0 spiro atoms. The fraction of sp³-hybridized carbons (Fsp3) is 0.500. The van der Waals surface area contributed by atoms with Gasteiger partial charge in [-0.15, -0.1) is 0 Å². The highest BCUT2D eigenvalue weighted by Gasteiger charge is 2.41. The number of carbonyl (C=O) groups excluding carboxylic acids is 1. The molecule has 3 rings (SSSR count). The molecule has 0 bridgehead atoms. The van der Waals surface area contributed by atoms with Crippen molar-refractivity contribution in [2.45, 2.75) is 25.9 Å². The number of nitrogens with one attached hydrogen (secondary N) is 1. The first-order chi connectivity index (χ1) is 11.1. The Morgan fingerprint density at radius 1 is 1.30 bits per heavy atom. The van der Waals surface area contributed by atoms with Gasteiger partial charge in [0.05, 0.1) is 18.4 Å². The molecule has 1 aliphatic heterocycles. The second-order valence-corrected chi connectivity index (χ2v) is 5.83. The minimum absolute atomic E-state index is 0.125. The highest BCUT2D eigenvalue weighted by molar-refractivity contribution is 5.86. The van der Waals surface area contributed by atoms with Crippen LogP contribution in [0.3, 0.4) is 0 Å². The number of ether oxygens (including phenoxy) is 2. The molecule has 1 aliphatic carbocycles. The van der Waals surface area contributed by atoms with E-state index >= 15 is 0 Å². The summed E-state index contributed by atoms with van der Waals surface area (Å²) < 4.78 is 24.1. The van der Waals surface area contributed by atoms with Crippen LogP contribution in [0.5, 0.6) is 5.75 Å². The van der Waals surface area contributed by atoms with Crippen molar-refractivity contribution in [1.82, 2.24) is 5.32 Å². The van der Waals surface area contributed by atoms with Gasteiger partial charge in [-0.2, -0.15) is 0 Å². The third-order valence-corrected chi connectivity index (χ3v) is 4.37. The number of carboxylic acid groups (broad SMARTS) is 1. The van der Waals surface area contributed by atoms with Gasteiger partial charge in [-0.25, -0.2) is 4.39 Å². The number of carboxylic acids is 1. The lowest BCUT2D eigenvalue weighted by Gasteiger charge is -2.32. The summed E-state index contributed by atoms with van der Waals surface area (Å²) in [7, 11) is 0. The molecule has 1 fully saturated rings. The zero-order valence-corrected chi connectivity index (χ0v) is 12.5. The molecular formula is C16H18FNO5. The van der Waals surface area contributed by atoms with E-state index in [0.29, 0.717) is 49.3 Å². The van der Waals surface area contributed by atoms with E-state index in [1.54, 1.807) is 0 Å². The molecule has 2 unspecified atom stereocenters. The molecule has 124 valence electrons. The van der Waals surface area contributed by atoms with Gasteiger partial charge in [0.2, 0.25) is 5.91 Å². The van der Waals surface area contributed by atoms with Crippen LogP contribution in [-0.2, 0) is 27.4 Å². The Bertz CT molecular complexity index is 633. The normalized spacial score (nSPS) is 22.5. The number of aliphatic carboxylic acids is 1. The van der Waals surface area contributed by atoms with Crippen LogP contribution in [0.15, 0.2) is 12.1 Å². The molecule has 1 aromatic carbocycles. The Morgan fingerprint density at radius 2 is 2.09 bits per heavy atom. The number of hydrogen-bond donors (Lipinski definition) is 2. The van der Waals surface area contributed by atoms with Gasteiger partial charge >= 0.3 is 5.97 Å². The van der Waals surface area contributed by atoms with Crippen molar-refractivity contribution < 1.29 is 28.6 Å². The Balaban J connectivity index is 1.58. The zero-order valence-electron chi connectivity index (χ0n) is 12.5. The Hall–Kier alpha value is -2.15. The largest absolute Gasteiger partial charge is 0.481 e. The maximum atomic E-state index is 13.6. The SMILES string of the molecule is O=C(O)C1CCC1C(=O)NCCc1cc(F)cc2c1OCOC2. The summed E-state index contributed by atoms with van der Waals surface area (Å²) >= 11 is 0. The zero-order chi connectivity index (χ0) is 16.4. The number of amides is 1. The van der Waals surface area contributed by atoms with Gasteiger partial charge in [0.15, 0.2) is 6.79 Å². The van der Waals surface area contributed by atoms with Crippen molar-refractivity contribution in [3.05, 3.63) is 29.1 Å². The van der Waals surface area contributed by atoms with Gasteiger partial charge < -0.3 is 19.9 Å². The third-order valence-electron chi connectivity index (χ3n) is 4.37. The van der Waals surface area contributed by atoms with Gasteiger partial charge in [0.25, 0.3) is 0 Å². The average Bonchev–Trinajstić information content (AvgIpc) is 2.45. The average molecular weight is 323 g/mol. The number of benzene rings is 1. The van der Waals surface area contributed by atoms with Crippen LogP contribution in [0.25, 0.3) is 0 Å². The maximum absolute atomic E-state index is 13.6. The van der Waals surface area contributed by atoms with Crippen LogP contribution >= 0.6 is 0 Å². The second-order valence-electron chi connectivity index (χ2n) is 5.83. The first-order valence-electron chi connectivity index (χ1n) is 7.58. The van der Waals surface area contributed by atoms with Gasteiger partial charge in [-0.05, 0) is 37.0 Å². The van der Waals surface area contributed by atoms with Crippen molar-refractivity contribution in [3.63, 3.8) is 0 Å². The summed E-state index contributed by atoms with van der Waals surface area (Å²) in [6.07, 6.45) is 1.55. The van der Waals surface area contributed by atoms with E-state index in [9.17, 15) is 14.0 Å². The van der Waals surface area contributed by atoms with E-state index in [-0.39, 0.29) is 18.5 Å². The van der Waals surface area contributed by atoms with Gasteiger partial charge in [0, 0.05) is 12.1 Å². The molecule has 0 saturated heterocycles. The number of hydrogen-bond acceptors (Lipinski definition) is 4. The van der Waals surface area contributed by atoms with E-state index in [1.165, 1.54) is 12.1 Å². The number of rotatable bonds is 5. The molecule has 2 aliphatic rings. The molecule has 0 radical (unpaired) electrons. The second kappa shape index (κ2) is 6.54. The molecule has 1 heterocycles. The molecule has 7 heteroatoms. The highest BCUT2D eigenvalue weighted by Crippen LogP contribution is 2.34. The van der Waals surface area contributed by atoms with E-state index in [1.807, 2.05) is 0 Å². The topological polar surface area (TPSA) is 84.9 Å². The van der Waals surface area contributed by atoms with Crippen LogP contribution in [0.4, 0.5) is 4.39 Å². The predicted molar refractivity (Wildman–Crippen MR) is 77.2 cm³/mol. The summed E-state index contributed by atoms with van der Waals surface area (Å²) in [4.78, 5) is 22.9. The van der Waals surface area contributed by atoms with Crippen molar-refractivity contribution in [3.8, 4) is 5.75 Å². The lowest BCUT2D eigenvalue weighted by atomic mass is 9.73. The van der Waals surface area contributed by atoms with Crippen LogP contribution in [0.2, 0.25) is 0 Å². The van der Waals surface area contributed by atoms with Crippen LogP contribution in [0, 0.1) is 17.7 Å². The van der Waals surface area contributed by atoms with Crippen LogP contribution in [0.1, 0.15) is 24.0 Å². The van der Waals surface area contributed by atoms with Crippen molar-refractivity contribution >= 4 is 11.9 Å². The number of carbonyl (C=O) groups is 2. The quantitative estimate of drug-likeness (QED) is 0.857. The summed E-state index contributed by atoms with van der Waals surface area (Å²) in [5, 5.41) is 11.7. The molecule has 1 aromatic rings. The minimum Gasteiger partial charge on any atom is -0.481 e. The Kier molecular flexibility index (Phi) is 4.47. The summed E-state index contributed by atoms with van der Waals surface area (Å²) in [6.45, 7) is 0.733. The van der Waals surface area contributed by atoms with E-state index < -0.39 is 17.8 Å². The molecule has 2 atom stereocenters. The fourth-order valence-electron chi connectivity index (χ4n) is 3.00. The van der Waals surface area contributed by atoms with Crippen molar-refractivity contribution in [1.29, 1.82) is 0 Å². The molecular weight excluding hydrogens is 305 g/mol. The summed E-state index contributed by atoms with van der Waals surface area (Å²) in [5.41, 5.74) is 1.33. The molecule has 6 nitrogen and oxygen atoms in total. The maximum Gasteiger partial charge on any atom is 0.307 e. The smallest absolute Gasteiger partial charge is 0.307 e. The first-order valence-corrected chi connectivity index (χ1v) is 7.58. The number of fused-ring (bicyclic) bond motifs is 1. The summed E-state index contributed by atoms with van der Waals surface area (Å²) in [6, 6.07) is 2.77. The third kappa shape index (κ3) is 3.29. The lowest BCUT2D eigenvalue weighted by molar-refractivity contribution is -0.152. The molecule has 1 saturated carbocycles. The molecule has 0 aromatic heterocycles. The molecule has 2 N–H and O–H groups in total. The Labute approximate surface area is 132 Å². The van der Waals surface area contributed by atoms with Crippen molar-refractivity contribution in [2.24, 2.45) is 11.8 Å². The predicted octanol–water partition coefficient (Wildman–Crippen LogP) is 1.46. The minimum atomic E-state index is -0.927. The Morgan fingerprint density at radius 3 is 2.78 bits per heavy atom. The van der Waals surface area contributed by atoms with Crippen molar-refractivity contribution in [2.75, 3.05) is 13.3 Å². The van der Waals surface area contributed by atoms with E-state index in [2.05, 4.69) is 5.32 Å². The van der Waals surface area contributed by atoms with Crippen LogP contribution < -0.4 is 10.1 Å². The van der Waals surface area contributed by atoms with Gasteiger partial charge in [-0.3, -0.25) is 9.59 Å². The van der Waals surface area contributed by atoms with E-state index in [0.717, 1.165) is 0 Å². The first kappa shape index (κ1) is 15.7. The van der Waals surface area contributed by atoms with Crippen LogP contribution in [-0.4, -0.2) is 30.3 Å². The molecule has 23 heavy (non-hydrogen) atoms. The highest BCUT2D eigenvalue weighted by atomic mass is 19.1. The number of halogens is 1. The lowest BCUT2D eigenvalue weighted by Crippen LogP contribution is -2.44. The monoisotopic (exact) mass is 323 g/mol. The summed E-state index contributed by atoms with van der Waals surface area (Å²) in [5.74, 6) is -1.98.